The van der Waals surface area contributed by atoms with Crippen LogP contribution in [-0.2, 0) is 0 Å². The molecule has 3 rings (SSSR count). The Labute approximate surface area is 137 Å². The third kappa shape index (κ3) is 3.77. The zero-order valence-electron chi connectivity index (χ0n) is 12.5. The molecule has 2 aromatic heterocycles. The molecule has 2 N–H and O–H groups in total. The van der Waals surface area contributed by atoms with E-state index in [2.05, 4.69) is 25.6 Å². The average Bonchev–Trinajstić information content (AvgIpc) is 2.65. The molecular formula is C17H13N5O2. The minimum Gasteiger partial charge on any atom is -0.322 e. The summed E-state index contributed by atoms with van der Waals surface area (Å²) in [7, 11) is 0. The lowest BCUT2D eigenvalue weighted by atomic mass is 10.2. The lowest BCUT2D eigenvalue weighted by molar-refractivity contribution is 0.101. The second-order valence-electron chi connectivity index (χ2n) is 4.82. The number of aromatic nitrogens is 3. The number of anilines is 2. The van der Waals surface area contributed by atoms with Crippen LogP contribution in [0.4, 0.5) is 11.4 Å². The summed E-state index contributed by atoms with van der Waals surface area (Å²) >= 11 is 0. The minimum atomic E-state index is -0.352. The largest absolute Gasteiger partial charge is 0.322 e. The molecule has 118 valence electrons. The van der Waals surface area contributed by atoms with E-state index in [0.717, 1.165) is 0 Å². The summed E-state index contributed by atoms with van der Waals surface area (Å²) in [5.74, 6) is -0.602. The van der Waals surface area contributed by atoms with Crippen molar-refractivity contribution in [2.75, 3.05) is 10.6 Å². The molecule has 2 amide bonds. The average molecular weight is 319 g/mol. The molecule has 7 nitrogen and oxygen atoms in total. The van der Waals surface area contributed by atoms with Gasteiger partial charge in [-0.2, -0.15) is 0 Å². The van der Waals surface area contributed by atoms with Crippen molar-refractivity contribution < 1.29 is 9.59 Å². The molecule has 0 spiro atoms. The van der Waals surface area contributed by atoms with Gasteiger partial charge in [-0.15, -0.1) is 0 Å². The summed E-state index contributed by atoms with van der Waals surface area (Å²) in [5, 5.41) is 5.46. The summed E-state index contributed by atoms with van der Waals surface area (Å²) in [6.45, 7) is 0. The maximum atomic E-state index is 12.0. The quantitative estimate of drug-likeness (QED) is 0.769. The van der Waals surface area contributed by atoms with E-state index in [4.69, 9.17) is 0 Å². The fourth-order valence-electron chi connectivity index (χ4n) is 1.95. The fraction of sp³-hybridized carbons (Fsp3) is 0. The SMILES string of the molecule is O=C(Nc1ccc(NC(=O)c2cnccn2)cc1)c1cccnc1. The van der Waals surface area contributed by atoms with Gasteiger partial charge >= 0.3 is 0 Å². The number of nitrogens with zero attached hydrogens (tertiary/aromatic N) is 3. The monoisotopic (exact) mass is 319 g/mol. The molecule has 2 heterocycles. The number of carbonyl (C=O) groups is 2. The van der Waals surface area contributed by atoms with Crippen molar-refractivity contribution >= 4 is 23.2 Å². The summed E-state index contributed by atoms with van der Waals surface area (Å²) in [6, 6.07) is 10.1. The smallest absolute Gasteiger partial charge is 0.275 e. The summed E-state index contributed by atoms with van der Waals surface area (Å²) in [6.07, 6.45) is 7.43. The molecule has 1 aromatic carbocycles. The molecule has 0 aliphatic carbocycles. The molecule has 0 saturated heterocycles. The Kier molecular flexibility index (Phi) is 4.52. The van der Waals surface area contributed by atoms with Crippen molar-refractivity contribution in [2.45, 2.75) is 0 Å². The molecule has 24 heavy (non-hydrogen) atoms. The van der Waals surface area contributed by atoms with Crippen LogP contribution in [0.1, 0.15) is 20.8 Å². The number of rotatable bonds is 4. The van der Waals surface area contributed by atoms with Crippen molar-refractivity contribution in [1.29, 1.82) is 0 Å². The normalized spacial score (nSPS) is 10.0. The first-order valence-corrected chi connectivity index (χ1v) is 7.11. The molecule has 0 saturated carbocycles. The van der Waals surface area contributed by atoms with Crippen LogP contribution in [0.3, 0.4) is 0 Å². The number of hydrogen-bond acceptors (Lipinski definition) is 5. The molecule has 0 fully saturated rings. The first kappa shape index (κ1) is 15.3. The molecule has 0 bridgehead atoms. The van der Waals surface area contributed by atoms with Crippen LogP contribution in [0.5, 0.6) is 0 Å². The van der Waals surface area contributed by atoms with Gasteiger partial charge < -0.3 is 10.6 Å². The van der Waals surface area contributed by atoms with Gasteiger partial charge in [0.2, 0.25) is 0 Å². The molecule has 0 atom stereocenters. The number of benzene rings is 1. The van der Waals surface area contributed by atoms with Crippen molar-refractivity contribution in [1.82, 2.24) is 15.0 Å². The minimum absolute atomic E-state index is 0.228. The Morgan fingerprint density at radius 1 is 0.750 bits per heavy atom. The standard InChI is InChI=1S/C17H13N5O2/c23-16(12-2-1-7-18-10-12)21-13-3-5-14(6-4-13)22-17(24)15-11-19-8-9-20-15/h1-11H,(H,21,23)(H,22,24). The fourth-order valence-corrected chi connectivity index (χ4v) is 1.95. The van der Waals surface area contributed by atoms with E-state index in [1.165, 1.54) is 24.8 Å². The van der Waals surface area contributed by atoms with Gasteiger partial charge in [-0.1, -0.05) is 0 Å². The van der Waals surface area contributed by atoms with Crippen LogP contribution >= 0.6 is 0 Å². The summed E-state index contributed by atoms with van der Waals surface area (Å²) in [5.41, 5.74) is 1.90. The molecule has 3 aromatic rings. The zero-order chi connectivity index (χ0) is 16.8. The van der Waals surface area contributed by atoms with Crippen molar-refractivity contribution in [2.24, 2.45) is 0 Å². The van der Waals surface area contributed by atoms with Crippen LogP contribution in [0, 0.1) is 0 Å². The van der Waals surface area contributed by atoms with E-state index in [9.17, 15) is 9.59 Å². The van der Waals surface area contributed by atoms with E-state index < -0.39 is 0 Å². The molecule has 7 heteroatoms. The van der Waals surface area contributed by atoms with Crippen molar-refractivity contribution in [3.8, 4) is 0 Å². The van der Waals surface area contributed by atoms with Gasteiger partial charge in [0, 0.05) is 36.2 Å². The van der Waals surface area contributed by atoms with Crippen LogP contribution in [0.15, 0.2) is 67.4 Å². The van der Waals surface area contributed by atoms with Crippen LogP contribution in [0.2, 0.25) is 0 Å². The third-order valence-electron chi connectivity index (χ3n) is 3.12. The van der Waals surface area contributed by atoms with Crippen LogP contribution in [0.25, 0.3) is 0 Å². The Balaban J connectivity index is 1.63. The number of amides is 2. The first-order valence-electron chi connectivity index (χ1n) is 7.11. The van der Waals surface area contributed by atoms with E-state index in [1.54, 1.807) is 42.6 Å². The molecule has 0 aliphatic heterocycles. The molecule has 0 radical (unpaired) electrons. The predicted molar refractivity (Wildman–Crippen MR) is 88.6 cm³/mol. The van der Waals surface area contributed by atoms with E-state index in [1.807, 2.05) is 0 Å². The highest BCUT2D eigenvalue weighted by Gasteiger charge is 2.08. The van der Waals surface area contributed by atoms with Gasteiger partial charge in [-0.3, -0.25) is 19.6 Å². The van der Waals surface area contributed by atoms with E-state index in [0.29, 0.717) is 16.9 Å². The number of nitrogens with one attached hydrogen (secondary N) is 2. The second kappa shape index (κ2) is 7.10. The maximum absolute atomic E-state index is 12.0. The highest BCUT2D eigenvalue weighted by atomic mass is 16.2. The number of carbonyl (C=O) groups excluding carboxylic acids is 2. The Morgan fingerprint density at radius 3 is 2.00 bits per heavy atom. The third-order valence-corrected chi connectivity index (χ3v) is 3.12. The number of pyridine rings is 1. The predicted octanol–water partition coefficient (Wildman–Crippen LogP) is 2.38. The number of hydrogen-bond donors (Lipinski definition) is 2. The lowest BCUT2D eigenvalue weighted by Crippen LogP contribution is -2.14. The first-order chi connectivity index (χ1) is 11.7. The van der Waals surface area contributed by atoms with Crippen LogP contribution in [-0.4, -0.2) is 26.8 Å². The molecule has 0 aliphatic rings. The van der Waals surface area contributed by atoms with Crippen molar-refractivity contribution in [3.05, 3.63) is 78.6 Å². The Bertz CT molecular complexity index is 763. The lowest BCUT2D eigenvalue weighted by Gasteiger charge is -2.07. The highest BCUT2D eigenvalue weighted by molar-refractivity contribution is 6.05. The van der Waals surface area contributed by atoms with E-state index in [-0.39, 0.29) is 17.5 Å². The summed E-state index contributed by atoms with van der Waals surface area (Å²) in [4.78, 5) is 35.7. The topological polar surface area (TPSA) is 96.9 Å². The maximum Gasteiger partial charge on any atom is 0.275 e. The van der Waals surface area contributed by atoms with E-state index >= 15 is 0 Å². The van der Waals surface area contributed by atoms with Gasteiger partial charge in [0.1, 0.15) is 5.69 Å². The van der Waals surface area contributed by atoms with Crippen LogP contribution < -0.4 is 10.6 Å². The van der Waals surface area contributed by atoms with Gasteiger partial charge in [-0.25, -0.2) is 4.98 Å². The Hall–Kier alpha value is -3.61. The molecule has 0 unspecified atom stereocenters. The van der Waals surface area contributed by atoms with Gasteiger partial charge in [0.05, 0.1) is 11.8 Å². The Morgan fingerprint density at radius 2 is 1.42 bits per heavy atom. The molecular weight excluding hydrogens is 306 g/mol. The highest BCUT2D eigenvalue weighted by Crippen LogP contribution is 2.15. The van der Waals surface area contributed by atoms with Gasteiger partial charge in [0.15, 0.2) is 0 Å². The second-order valence-corrected chi connectivity index (χ2v) is 4.82. The van der Waals surface area contributed by atoms with Crippen molar-refractivity contribution in [3.63, 3.8) is 0 Å². The van der Waals surface area contributed by atoms with Gasteiger partial charge in [0.25, 0.3) is 11.8 Å². The summed E-state index contributed by atoms with van der Waals surface area (Å²) < 4.78 is 0. The van der Waals surface area contributed by atoms with Gasteiger partial charge in [-0.05, 0) is 36.4 Å². The zero-order valence-corrected chi connectivity index (χ0v) is 12.5.